The lowest BCUT2D eigenvalue weighted by molar-refractivity contribution is -0.110. The number of nitrogens with zero attached hydrogens (tertiary/aromatic N) is 3. The number of amides is 1. The van der Waals surface area contributed by atoms with Crippen LogP contribution in [0.1, 0.15) is 40.2 Å². The van der Waals surface area contributed by atoms with Gasteiger partial charge in [-0.05, 0) is 82.2 Å². The number of fused-ring (bicyclic) bond motifs is 1. The van der Waals surface area contributed by atoms with Crippen molar-refractivity contribution >= 4 is 52.3 Å². The molecule has 1 aliphatic rings. The van der Waals surface area contributed by atoms with Gasteiger partial charge in [0.15, 0.2) is 5.71 Å². The van der Waals surface area contributed by atoms with Crippen LogP contribution in [0, 0.1) is 6.92 Å². The molecule has 0 atom stereocenters. The third-order valence-corrected chi connectivity index (χ3v) is 6.57. The maximum Gasteiger partial charge on any atom is 0.494 e. The van der Waals surface area contributed by atoms with Crippen LogP contribution in [0.15, 0.2) is 64.7 Å². The van der Waals surface area contributed by atoms with Crippen LogP contribution in [0.5, 0.6) is 0 Å². The van der Waals surface area contributed by atoms with Crippen LogP contribution in [-0.2, 0) is 14.1 Å². The molecule has 3 aromatic rings. The van der Waals surface area contributed by atoms with Crippen LogP contribution in [0.3, 0.4) is 0 Å². The molecule has 180 valence electrons. The van der Waals surface area contributed by atoms with Gasteiger partial charge < -0.3 is 20.5 Å². The number of hydrogen-bond acceptors (Lipinski definition) is 7. The number of para-hydroxylation sites is 1. The third-order valence-electron chi connectivity index (χ3n) is 6.57. The molecule has 0 bridgehead atoms. The van der Waals surface area contributed by atoms with E-state index in [0.717, 1.165) is 27.6 Å². The Balaban J connectivity index is 1.52. The van der Waals surface area contributed by atoms with Crippen LogP contribution in [0.25, 0.3) is 10.9 Å². The molecule has 2 aromatic carbocycles. The van der Waals surface area contributed by atoms with Crippen LogP contribution >= 0.6 is 0 Å². The largest absolute Gasteiger partial charge is 0.494 e. The Morgan fingerprint density at radius 3 is 2.37 bits per heavy atom. The molecule has 0 saturated carbocycles. The minimum Gasteiger partial charge on any atom is -0.399 e. The molecular weight excluding hydrogens is 441 g/mol. The topological polar surface area (TPSA) is 111 Å². The van der Waals surface area contributed by atoms with E-state index in [4.69, 9.17) is 15.2 Å². The van der Waals surface area contributed by atoms with Crippen LogP contribution in [0.2, 0.25) is 0 Å². The highest BCUT2D eigenvalue weighted by Gasteiger charge is 2.51. The smallest absolute Gasteiger partial charge is 0.399 e. The SMILES string of the molecule is CC(=Nc1ccccc1C)/C(=N\N)C(=O)Nc1ccc2cc(B3OC(C)(C)C(C)(C)O3)ccc2n1. The average molecular weight is 471 g/mol. The first-order valence-corrected chi connectivity index (χ1v) is 11.5. The molecule has 1 fully saturated rings. The number of nitrogens with two attached hydrogens (primary N) is 1. The number of aliphatic imine (C=N–C) groups is 1. The van der Waals surface area contributed by atoms with Crippen molar-refractivity contribution in [1.82, 2.24) is 4.98 Å². The van der Waals surface area contributed by atoms with E-state index in [1.807, 2.05) is 83.1 Å². The Bertz CT molecular complexity index is 1330. The molecule has 9 heteroatoms. The van der Waals surface area contributed by atoms with Crippen LogP contribution in [0.4, 0.5) is 11.5 Å². The van der Waals surface area contributed by atoms with Gasteiger partial charge in [0.1, 0.15) is 5.82 Å². The molecule has 35 heavy (non-hydrogen) atoms. The van der Waals surface area contributed by atoms with E-state index in [2.05, 4.69) is 20.4 Å². The fourth-order valence-corrected chi connectivity index (χ4v) is 3.75. The summed E-state index contributed by atoms with van der Waals surface area (Å²) in [4.78, 5) is 21.9. The number of hydrogen-bond donors (Lipinski definition) is 2. The van der Waals surface area contributed by atoms with Gasteiger partial charge in [-0.15, -0.1) is 0 Å². The number of pyridine rings is 1. The molecule has 1 saturated heterocycles. The van der Waals surface area contributed by atoms with E-state index in [1.165, 1.54) is 0 Å². The van der Waals surface area contributed by atoms with E-state index in [0.29, 0.717) is 11.5 Å². The highest BCUT2D eigenvalue weighted by molar-refractivity contribution is 6.68. The lowest BCUT2D eigenvalue weighted by Crippen LogP contribution is -2.41. The van der Waals surface area contributed by atoms with Gasteiger partial charge in [-0.3, -0.25) is 9.79 Å². The van der Waals surface area contributed by atoms with Gasteiger partial charge in [-0.2, -0.15) is 5.10 Å². The van der Waals surface area contributed by atoms with Crippen molar-refractivity contribution in [1.29, 1.82) is 0 Å². The molecule has 3 N–H and O–H groups in total. The number of carbonyl (C=O) groups excluding carboxylic acids is 1. The summed E-state index contributed by atoms with van der Waals surface area (Å²) >= 11 is 0. The monoisotopic (exact) mass is 471 g/mol. The van der Waals surface area contributed by atoms with Crippen molar-refractivity contribution in [2.45, 2.75) is 52.7 Å². The maximum absolute atomic E-state index is 12.9. The van der Waals surface area contributed by atoms with Gasteiger partial charge >= 0.3 is 7.12 Å². The minimum atomic E-state index is -0.483. The molecule has 0 aliphatic carbocycles. The summed E-state index contributed by atoms with van der Waals surface area (Å²) in [5.74, 6) is 5.43. The number of aromatic nitrogens is 1. The standard InChI is InChI=1S/C26H30BN5O3/c1-16-9-7-8-10-20(16)29-17(2)23(32-28)24(33)31-22-14-11-18-15-19(12-13-21(18)30-22)27-34-25(3,4)26(5,6)35-27/h7-15H,28H2,1-6H3,(H,30,31,33)/b29-17?,32-23+. The normalized spacial score (nSPS) is 17.6. The van der Waals surface area contributed by atoms with Crippen LogP contribution in [-0.4, -0.2) is 40.6 Å². The number of hydrazone groups is 1. The van der Waals surface area contributed by atoms with E-state index >= 15 is 0 Å². The van der Waals surface area contributed by atoms with Crippen molar-refractivity contribution in [2.24, 2.45) is 15.9 Å². The quantitative estimate of drug-likeness (QED) is 0.254. The van der Waals surface area contributed by atoms with Crippen molar-refractivity contribution in [3.63, 3.8) is 0 Å². The average Bonchev–Trinajstić information content (AvgIpc) is 3.02. The molecular formula is C26H30BN5O3. The molecule has 8 nitrogen and oxygen atoms in total. The number of nitrogens with one attached hydrogen (secondary N) is 1. The number of carbonyl (C=O) groups is 1. The third kappa shape index (κ3) is 4.96. The van der Waals surface area contributed by atoms with Gasteiger partial charge in [0.25, 0.3) is 5.91 Å². The summed E-state index contributed by atoms with van der Waals surface area (Å²) in [6.45, 7) is 11.7. The maximum atomic E-state index is 12.9. The molecule has 1 aliphatic heterocycles. The zero-order valence-corrected chi connectivity index (χ0v) is 20.9. The lowest BCUT2D eigenvalue weighted by atomic mass is 9.78. The molecule has 0 radical (unpaired) electrons. The van der Waals surface area contributed by atoms with Crippen molar-refractivity contribution < 1.29 is 14.1 Å². The summed E-state index contributed by atoms with van der Waals surface area (Å²) in [6, 6.07) is 17.0. The first-order valence-electron chi connectivity index (χ1n) is 11.5. The fraction of sp³-hybridized carbons (Fsp3) is 0.308. The predicted molar refractivity (Wildman–Crippen MR) is 142 cm³/mol. The predicted octanol–water partition coefficient (Wildman–Crippen LogP) is 3.89. The summed E-state index contributed by atoms with van der Waals surface area (Å²) in [5.41, 5.74) is 2.98. The van der Waals surface area contributed by atoms with Gasteiger partial charge in [-0.1, -0.05) is 30.3 Å². The molecule has 2 heterocycles. The molecule has 1 amide bonds. The number of aryl methyl sites for hydroxylation is 1. The summed E-state index contributed by atoms with van der Waals surface area (Å²) in [7, 11) is -0.456. The van der Waals surface area contributed by atoms with Crippen molar-refractivity contribution in [2.75, 3.05) is 5.32 Å². The Labute approximate surface area is 205 Å². The van der Waals surface area contributed by atoms with Gasteiger partial charge in [0.05, 0.1) is 28.1 Å². The summed E-state index contributed by atoms with van der Waals surface area (Å²) < 4.78 is 12.3. The van der Waals surface area contributed by atoms with Gasteiger partial charge in [0.2, 0.25) is 0 Å². The fourth-order valence-electron chi connectivity index (χ4n) is 3.75. The number of anilines is 1. The van der Waals surface area contributed by atoms with E-state index < -0.39 is 24.2 Å². The molecule has 1 aromatic heterocycles. The Morgan fingerprint density at radius 2 is 1.71 bits per heavy atom. The Kier molecular flexibility index (Phi) is 6.49. The van der Waals surface area contributed by atoms with Crippen molar-refractivity contribution in [3.8, 4) is 0 Å². The highest BCUT2D eigenvalue weighted by Crippen LogP contribution is 2.36. The Morgan fingerprint density at radius 1 is 1.03 bits per heavy atom. The minimum absolute atomic E-state index is 0.0336. The zero-order valence-electron chi connectivity index (χ0n) is 20.9. The first-order chi connectivity index (χ1) is 16.5. The second-order valence-electron chi connectivity index (χ2n) is 9.65. The van der Waals surface area contributed by atoms with E-state index in [1.54, 1.807) is 13.0 Å². The number of benzene rings is 2. The van der Waals surface area contributed by atoms with Crippen LogP contribution < -0.4 is 16.6 Å². The summed E-state index contributed by atoms with van der Waals surface area (Å²) in [6.07, 6.45) is 0. The molecule has 4 rings (SSSR count). The Hall–Kier alpha value is -3.56. The number of rotatable bonds is 5. The van der Waals surface area contributed by atoms with E-state index in [9.17, 15) is 4.79 Å². The highest BCUT2D eigenvalue weighted by atomic mass is 16.7. The zero-order chi connectivity index (χ0) is 25.4. The van der Waals surface area contributed by atoms with E-state index in [-0.39, 0.29) is 5.71 Å². The summed E-state index contributed by atoms with van der Waals surface area (Å²) in [5, 5.41) is 7.34. The molecule has 0 spiro atoms. The van der Waals surface area contributed by atoms with Gasteiger partial charge in [0, 0.05) is 0 Å². The van der Waals surface area contributed by atoms with Gasteiger partial charge in [-0.25, -0.2) is 4.98 Å². The first kappa shape index (κ1) is 24.6. The molecule has 0 unspecified atom stereocenters. The second kappa shape index (κ2) is 9.24. The lowest BCUT2D eigenvalue weighted by Gasteiger charge is -2.32. The second-order valence-corrected chi connectivity index (χ2v) is 9.65. The van der Waals surface area contributed by atoms with Crippen molar-refractivity contribution in [3.05, 3.63) is 60.2 Å².